The van der Waals surface area contributed by atoms with Gasteiger partial charge in [0.05, 0.1) is 18.7 Å². The Kier molecular flexibility index (Phi) is 5.38. The molecule has 0 saturated carbocycles. The van der Waals surface area contributed by atoms with E-state index < -0.39 is 0 Å². The van der Waals surface area contributed by atoms with Crippen LogP contribution in [0.4, 0.5) is 10.2 Å². The molecular formula is C20H24FN4O+. The fourth-order valence-corrected chi connectivity index (χ4v) is 3.56. The van der Waals surface area contributed by atoms with Crippen LogP contribution in [-0.4, -0.2) is 30.1 Å². The number of hydrogen-bond donors (Lipinski definition) is 2. The van der Waals surface area contributed by atoms with Crippen LogP contribution in [0.25, 0.3) is 0 Å². The maximum Gasteiger partial charge on any atom is 0.280 e. The Morgan fingerprint density at radius 2 is 1.92 bits per heavy atom. The summed E-state index contributed by atoms with van der Waals surface area (Å²) in [6.45, 7) is 6.75. The lowest BCUT2D eigenvalue weighted by Gasteiger charge is -2.15. The van der Waals surface area contributed by atoms with Crippen LogP contribution in [0.5, 0.6) is 0 Å². The molecule has 136 valence electrons. The number of aromatic nitrogens is 1. The largest absolute Gasteiger partial charge is 0.327 e. The Hall–Kier alpha value is -2.65. The van der Waals surface area contributed by atoms with Gasteiger partial charge >= 0.3 is 0 Å². The lowest BCUT2D eigenvalue weighted by Crippen LogP contribution is -3.11. The number of likely N-dealkylation sites (tertiary alicyclic amines) is 1. The van der Waals surface area contributed by atoms with Crippen LogP contribution in [0.3, 0.4) is 0 Å². The molecule has 6 heteroatoms. The molecule has 0 bridgehead atoms. The molecule has 0 atom stereocenters. The molecule has 2 N–H and O–H groups in total. The summed E-state index contributed by atoms with van der Waals surface area (Å²) in [5.74, 6) is 0.181. The van der Waals surface area contributed by atoms with E-state index in [4.69, 9.17) is 0 Å². The van der Waals surface area contributed by atoms with Gasteiger partial charge in [0.2, 0.25) is 0 Å². The molecule has 1 fully saturated rings. The monoisotopic (exact) mass is 355 g/mol. The van der Waals surface area contributed by atoms with Crippen LogP contribution in [0.2, 0.25) is 0 Å². The van der Waals surface area contributed by atoms with Gasteiger partial charge in [0, 0.05) is 25.1 Å². The van der Waals surface area contributed by atoms with Crippen molar-refractivity contribution in [1.29, 1.82) is 5.26 Å². The third-order valence-corrected chi connectivity index (χ3v) is 5.17. The molecular weight excluding hydrogens is 331 g/mol. The first kappa shape index (κ1) is 18.2. The topological polar surface area (TPSA) is 62.3 Å². The minimum absolute atomic E-state index is 0.0729. The molecule has 5 nitrogen and oxygen atoms in total. The van der Waals surface area contributed by atoms with Gasteiger partial charge in [-0.05, 0) is 37.1 Å². The summed E-state index contributed by atoms with van der Waals surface area (Å²) in [5.41, 5.74) is 3.19. The highest BCUT2D eigenvalue weighted by atomic mass is 19.1. The van der Waals surface area contributed by atoms with E-state index in [1.54, 1.807) is 12.1 Å². The zero-order valence-corrected chi connectivity index (χ0v) is 15.2. The number of amides is 1. The van der Waals surface area contributed by atoms with Crippen molar-refractivity contribution in [3.8, 4) is 6.07 Å². The van der Waals surface area contributed by atoms with E-state index in [9.17, 15) is 14.4 Å². The number of halogens is 1. The number of hydrogen-bond acceptors (Lipinski definition) is 2. The summed E-state index contributed by atoms with van der Waals surface area (Å²) in [4.78, 5) is 13.8. The van der Waals surface area contributed by atoms with E-state index in [1.807, 2.05) is 18.4 Å². The lowest BCUT2D eigenvalue weighted by atomic mass is 10.2. The van der Waals surface area contributed by atoms with E-state index >= 15 is 0 Å². The standard InChI is InChI=1S/C20H23FN4O/c1-14-15(2)25(12-16-5-7-17(21)8-6-16)20(18(14)11-22)23-19(26)13-24-9-3-4-10-24/h5-8H,3-4,9-10,12-13H2,1-2H3,(H,23,26)/p+1. The van der Waals surface area contributed by atoms with Crippen LogP contribution >= 0.6 is 0 Å². The molecule has 0 aliphatic carbocycles. The summed E-state index contributed by atoms with van der Waals surface area (Å²) < 4.78 is 15.1. The number of nitrogens with one attached hydrogen (secondary N) is 2. The van der Waals surface area contributed by atoms with Gasteiger partial charge in [0.15, 0.2) is 6.54 Å². The van der Waals surface area contributed by atoms with Crippen LogP contribution < -0.4 is 10.2 Å². The number of nitrogens with zero attached hydrogens (tertiary/aromatic N) is 2. The van der Waals surface area contributed by atoms with Crippen molar-refractivity contribution in [3.63, 3.8) is 0 Å². The number of quaternary nitrogens is 1. The summed E-state index contributed by atoms with van der Waals surface area (Å²) in [6.07, 6.45) is 2.32. The Balaban J connectivity index is 1.87. The fourth-order valence-electron chi connectivity index (χ4n) is 3.56. The second-order valence-corrected chi connectivity index (χ2v) is 6.94. The Bertz CT molecular complexity index is 842. The first-order valence-electron chi connectivity index (χ1n) is 8.97. The smallest absolute Gasteiger partial charge is 0.280 e. The van der Waals surface area contributed by atoms with Crippen molar-refractivity contribution in [1.82, 2.24) is 4.57 Å². The van der Waals surface area contributed by atoms with Gasteiger partial charge in [0.1, 0.15) is 17.7 Å². The molecule has 1 aliphatic heterocycles. The van der Waals surface area contributed by atoms with Gasteiger partial charge in [-0.1, -0.05) is 12.1 Å². The quantitative estimate of drug-likeness (QED) is 0.859. The molecule has 1 aromatic carbocycles. The minimum atomic E-state index is -0.283. The number of nitriles is 1. The van der Waals surface area contributed by atoms with Gasteiger partial charge in [-0.15, -0.1) is 0 Å². The molecule has 1 aliphatic rings. The van der Waals surface area contributed by atoms with Crippen molar-refractivity contribution >= 4 is 11.7 Å². The number of carbonyl (C=O) groups is 1. The molecule has 1 saturated heterocycles. The maximum atomic E-state index is 13.2. The predicted molar refractivity (Wildman–Crippen MR) is 97.6 cm³/mol. The van der Waals surface area contributed by atoms with Gasteiger partial charge in [-0.25, -0.2) is 4.39 Å². The lowest BCUT2D eigenvalue weighted by molar-refractivity contribution is -0.878. The van der Waals surface area contributed by atoms with Gasteiger partial charge in [-0.2, -0.15) is 5.26 Å². The number of benzene rings is 1. The number of anilines is 1. The van der Waals surface area contributed by atoms with Gasteiger partial charge in [0.25, 0.3) is 5.91 Å². The number of carbonyl (C=O) groups excluding carboxylic acids is 1. The average Bonchev–Trinajstić information content (AvgIpc) is 3.19. The van der Waals surface area contributed by atoms with Crippen molar-refractivity contribution in [2.45, 2.75) is 33.2 Å². The molecule has 1 aromatic heterocycles. The van der Waals surface area contributed by atoms with E-state index in [0.717, 1.165) is 42.8 Å². The maximum absolute atomic E-state index is 13.2. The molecule has 26 heavy (non-hydrogen) atoms. The third-order valence-electron chi connectivity index (χ3n) is 5.17. The molecule has 0 spiro atoms. The summed E-state index contributed by atoms with van der Waals surface area (Å²) >= 11 is 0. The Morgan fingerprint density at radius 3 is 2.54 bits per heavy atom. The number of rotatable bonds is 5. The zero-order chi connectivity index (χ0) is 18.7. The van der Waals surface area contributed by atoms with E-state index in [0.29, 0.717) is 24.5 Å². The predicted octanol–water partition coefficient (Wildman–Crippen LogP) is 1.78. The summed E-state index contributed by atoms with van der Waals surface area (Å²) in [7, 11) is 0. The summed E-state index contributed by atoms with van der Waals surface area (Å²) in [6, 6.07) is 8.49. The Labute approximate surface area is 153 Å². The highest BCUT2D eigenvalue weighted by molar-refractivity contribution is 5.92. The highest BCUT2D eigenvalue weighted by Gasteiger charge is 2.23. The molecule has 0 radical (unpaired) electrons. The molecule has 0 unspecified atom stereocenters. The summed E-state index contributed by atoms with van der Waals surface area (Å²) in [5, 5.41) is 12.5. The Morgan fingerprint density at radius 1 is 1.27 bits per heavy atom. The second-order valence-electron chi connectivity index (χ2n) is 6.94. The van der Waals surface area contributed by atoms with E-state index in [1.165, 1.54) is 17.0 Å². The van der Waals surface area contributed by atoms with Gasteiger partial charge < -0.3 is 14.8 Å². The van der Waals surface area contributed by atoms with E-state index in [-0.39, 0.29) is 11.7 Å². The molecule has 3 rings (SSSR count). The van der Waals surface area contributed by atoms with E-state index in [2.05, 4.69) is 11.4 Å². The zero-order valence-electron chi connectivity index (χ0n) is 15.2. The first-order valence-corrected chi connectivity index (χ1v) is 8.97. The van der Waals surface area contributed by atoms with Crippen LogP contribution in [0.1, 0.15) is 35.2 Å². The molecule has 1 amide bonds. The van der Waals surface area contributed by atoms with Crippen LogP contribution in [-0.2, 0) is 11.3 Å². The average molecular weight is 355 g/mol. The normalized spacial score (nSPS) is 14.4. The van der Waals surface area contributed by atoms with Crippen molar-refractivity contribution in [2.24, 2.45) is 0 Å². The highest BCUT2D eigenvalue weighted by Crippen LogP contribution is 2.27. The second kappa shape index (κ2) is 7.71. The molecule has 2 heterocycles. The first-order chi connectivity index (χ1) is 12.5. The van der Waals surface area contributed by atoms with Crippen LogP contribution in [0, 0.1) is 31.0 Å². The fraction of sp³-hybridized carbons (Fsp3) is 0.400. The van der Waals surface area contributed by atoms with Crippen molar-refractivity contribution < 1.29 is 14.1 Å². The minimum Gasteiger partial charge on any atom is -0.327 e. The SMILES string of the molecule is Cc1c(C#N)c(NC(=O)C[NH+]2CCCC2)n(Cc2ccc(F)cc2)c1C. The van der Waals surface area contributed by atoms with Crippen molar-refractivity contribution in [3.05, 3.63) is 52.5 Å². The van der Waals surface area contributed by atoms with Gasteiger partial charge in [-0.3, -0.25) is 4.79 Å². The van der Waals surface area contributed by atoms with Crippen molar-refractivity contribution in [2.75, 3.05) is 25.0 Å². The molecule has 2 aromatic rings. The third kappa shape index (κ3) is 3.78. The van der Waals surface area contributed by atoms with Crippen LogP contribution in [0.15, 0.2) is 24.3 Å².